The highest BCUT2D eigenvalue weighted by molar-refractivity contribution is 7.18. The minimum Gasteiger partial charge on any atom is -0.480 e. The molecule has 0 saturated heterocycles. The Kier molecular flexibility index (Phi) is 5.89. The second-order valence-corrected chi connectivity index (χ2v) is 8.94. The summed E-state index contributed by atoms with van der Waals surface area (Å²) in [7, 11) is 1.66. The molecule has 1 N–H and O–H groups in total. The number of pyridine rings is 1. The summed E-state index contributed by atoms with van der Waals surface area (Å²) in [6.07, 6.45) is 2.00. The Morgan fingerprint density at radius 3 is 2.74 bits per heavy atom. The van der Waals surface area contributed by atoms with Crippen LogP contribution >= 0.6 is 22.9 Å². The van der Waals surface area contributed by atoms with Crippen molar-refractivity contribution in [2.45, 2.75) is 13.3 Å². The number of anilines is 1. The van der Waals surface area contributed by atoms with E-state index < -0.39 is 5.97 Å². The normalized spacial score (nSPS) is 11.1. The Balaban J connectivity index is 1.73. The summed E-state index contributed by atoms with van der Waals surface area (Å²) in [4.78, 5) is 21.3. The van der Waals surface area contributed by atoms with E-state index in [1.165, 1.54) is 16.2 Å². The number of aromatic nitrogens is 2. The van der Waals surface area contributed by atoms with Crippen LogP contribution in [-0.4, -0.2) is 34.6 Å². The first-order chi connectivity index (χ1) is 14.8. The number of carboxylic acid groups (broad SMARTS) is 1. The lowest BCUT2D eigenvalue weighted by Crippen LogP contribution is -2.25. The largest absolute Gasteiger partial charge is 0.480 e. The van der Waals surface area contributed by atoms with Gasteiger partial charge in [-0.1, -0.05) is 29.8 Å². The van der Waals surface area contributed by atoms with Gasteiger partial charge < -0.3 is 10.0 Å². The number of halogens is 2. The number of fused-ring (bicyclic) bond motifs is 1. The van der Waals surface area contributed by atoms with Crippen LogP contribution in [0, 0.1) is 12.7 Å². The second-order valence-electron chi connectivity index (χ2n) is 7.27. The smallest absolute Gasteiger partial charge is 0.323 e. The Morgan fingerprint density at radius 1 is 1.26 bits per heavy atom. The number of rotatable bonds is 6. The van der Waals surface area contributed by atoms with E-state index in [9.17, 15) is 4.79 Å². The third-order valence-corrected chi connectivity index (χ3v) is 6.04. The van der Waals surface area contributed by atoms with Gasteiger partial charge in [-0.25, -0.2) is 14.4 Å². The first-order valence-electron chi connectivity index (χ1n) is 9.54. The summed E-state index contributed by atoms with van der Waals surface area (Å²) >= 11 is 7.68. The van der Waals surface area contributed by atoms with Gasteiger partial charge in [0.1, 0.15) is 18.2 Å². The molecule has 2 aromatic heterocycles. The lowest BCUT2D eigenvalue weighted by molar-refractivity contribution is -0.135. The molecule has 0 radical (unpaired) electrons. The zero-order valence-corrected chi connectivity index (χ0v) is 18.5. The van der Waals surface area contributed by atoms with Gasteiger partial charge in [0, 0.05) is 30.3 Å². The van der Waals surface area contributed by atoms with Crippen molar-refractivity contribution < 1.29 is 14.3 Å². The summed E-state index contributed by atoms with van der Waals surface area (Å²) in [5.41, 5.74) is 3.13. The molecular formula is C23H19ClFN3O2S. The van der Waals surface area contributed by atoms with E-state index in [2.05, 4.69) is 9.97 Å². The topological polar surface area (TPSA) is 66.3 Å². The molecule has 158 valence electrons. The van der Waals surface area contributed by atoms with Crippen molar-refractivity contribution in [3.8, 4) is 11.1 Å². The molecule has 0 aliphatic carbocycles. The molecule has 0 bridgehead atoms. The van der Waals surface area contributed by atoms with E-state index in [1.54, 1.807) is 37.5 Å². The number of thiazole rings is 1. The number of nitrogens with zero attached hydrogens (tertiary/aromatic N) is 3. The van der Waals surface area contributed by atoms with Crippen molar-refractivity contribution in [1.29, 1.82) is 0 Å². The van der Waals surface area contributed by atoms with Crippen LogP contribution in [0.2, 0.25) is 5.02 Å². The van der Waals surface area contributed by atoms with Crippen molar-refractivity contribution in [2.24, 2.45) is 0 Å². The lowest BCUT2D eigenvalue weighted by atomic mass is 9.97. The van der Waals surface area contributed by atoms with E-state index in [1.807, 2.05) is 25.1 Å². The molecule has 0 saturated carbocycles. The van der Waals surface area contributed by atoms with E-state index in [0.29, 0.717) is 39.5 Å². The number of hydrogen-bond acceptors (Lipinski definition) is 5. The molecule has 0 atom stereocenters. The minimum absolute atomic E-state index is 0.147. The first kappa shape index (κ1) is 21.2. The summed E-state index contributed by atoms with van der Waals surface area (Å²) in [6, 6.07) is 12.5. The van der Waals surface area contributed by atoms with Crippen molar-refractivity contribution >= 4 is 44.9 Å². The van der Waals surface area contributed by atoms with Gasteiger partial charge in [0.15, 0.2) is 0 Å². The maximum Gasteiger partial charge on any atom is 0.323 e. The van der Waals surface area contributed by atoms with Gasteiger partial charge in [-0.3, -0.25) is 4.79 Å². The summed E-state index contributed by atoms with van der Waals surface area (Å²) in [5.74, 6) is -0.718. The van der Waals surface area contributed by atoms with Crippen LogP contribution in [0.5, 0.6) is 0 Å². The number of aryl methyl sites for hydroxylation is 1. The van der Waals surface area contributed by atoms with Gasteiger partial charge in [-0.15, -0.1) is 11.3 Å². The Hall–Kier alpha value is -3.03. The molecule has 5 nitrogen and oxygen atoms in total. The fourth-order valence-corrected chi connectivity index (χ4v) is 4.58. The minimum atomic E-state index is -0.933. The molecular weight excluding hydrogens is 437 g/mol. The monoisotopic (exact) mass is 455 g/mol. The average Bonchev–Trinajstić information content (AvgIpc) is 3.08. The summed E-state index contributed by atoms with van der Waals surface area (Å²) in [5, 5.41) is 10.3. The predicted octanol–water partition coefficient (Wildman–Crippen LogP) is 5.57. The highest BCUT2D eigenvalue weighted by Gasteiger charge is 2.19. The lowest BCUT2D eigenvalue weighted by Gasteiger charge is -2.16. The van der Waals surface area contributed by atoms with Crippen LogP contribution in [0.15, 0.2) is 48.7 Å². The SMILES string of the molecule is Cc1nc2c(-c3cccc(Cl)c3)c(F)c(Cc3ccc(N(C)CC(=O)O)nc3)cc2s1. The van der Waals surface area contributed by atoms with Gasteiger partial charge in [-0.05, 0) is 47.9 Å². The van der Waals surface area contributed by atoms with Gasteiger partial charge in [0.05, 0.1) is 15.2 Å². The van der Waals surface area contributed by atoms with Gasteiger partial charge in [0.25, 0.3) is 0 Å². The van der Waals surface area contributed by atoms with Crippen molar-refractivity contribution in [3.05, 3.63) is 75.6 Å². The van der Waals surface area contributed by atoms with Crippen LogP contribution in [-0.2, 0) is 11.2 Å². The van der Waals surface area contributed by atoms with Crippen molar-refractivity contribution in [3.63, 3.8) is 0 Å². The number of carbonyl (C=O) groups is 1. The van der Waals surface area contributed by atoms with Crippen molar-refractivity contribution in [2.75, 3.05) is 18.5 Å². The Morgan fingerprint density at radius 2 is 2.06 bits per heavy atom. The first-order valence-corrected chi connectivity index (χ1v) is 10.7. The number of benzene rings is 2. The molecule has 0 aliphatic rings. The Labute approximate surface area is 187 Å². The van der Waals surface area contributed by atoms with Crippen molar-refractivity contribution in [1.82, 2.24) is 9.97 Å². The fraction of sp³-hybridized carbons (Fsp3) is 0.174. The van der Waals surface area contributed by atoms with E-state index >= 15 is 4.39 Å². The molecule has 2 aromatic carbocycles. The molecule has 31 heavy (non-hydrogen) atoms. The zero-order valence-electron chi connectivity index (χ0n) is 16.9. The van der Waals surface area contributed by atoms with Crippen LogP contribution < -0.4 is 4.90 Å². The molecule has 0 fully saturated rings. The molecule has 2 heterocycles. The van der Waals surface area contributed by atoms with E-state index in [4.69, 9.17) is 16.7 Å². The molecule has 0 aliphatic heterocycles. The molecule has 8 heteroatoms. The van der Waals surface area contributed by atoms with Gasteiger partial charge >= 0.3 is 5.97 Å². The van der Waals surface area contributed by atoms with Crippen LogP contribution in [0.4, 0.5) is 10.2 Å². The molecule has 0 spiro atoms. The number of aliphatic carboxylic acids is 1. The average molecular weight is 456 g/mol. The summed E-state index contributed by atoms with van der Waals surface area (Å²) < 4.78 is 16.6. The predicted molar refractivity (Wildman–Crippen MR) is 123 cm³/mol. The maximum absolute atomic E-state index is 15.7. The number of carboxylic acids is 1. The maximum atomic E-state index is 15.7. The quantitative estimate of drug-likeness (QED) is 0.411. The standard InChI is InChI=1S/C23H19ClFN3O2S/c1-13-27-23-18(31-13)10-16(22(25)21(23)15-4-3-5-17(24)9-15)8-14-6-7-19(26-11-14)28(2)12-20(29)30/h3-7,9-11H,8,12H2,1-2H3,(H,29,30). The third-order valence-electron chi connectivity index (χ3n) is 4.88. The molecule has 4 aromatic rings. The number of hydrogen-bond donors (Lipinski definition) is 1. The third kappa shape index (κ3) is 4.52. The van der Waals surface area contributed by atoms with E-state index in [0.717, 1.165) is 15.3 Å². The fourth-order valence-electron chi connectivity index (χ4n) is 3.49. The zero-order chi connectivity index (χ0) is 22.1. The number of likely N-dealkylation sites (N-methyl/N-ethyl adjacent to an activating group) is 1. The highest BCUT2D eigenvalue weighted by atomic mass is 35.5. The van der Waals surface area contributed by atoms with Crippen LogP contribution in [0.3, 0.4) is 0 Å². The summed E-state index contributed by atoms with van der Waals surface area (Å²) in [6.45, 7) is 1.76. The molecule has 0 amide bonds. The van der Waals surface area contributed by atoms with E-state index in [-0.39, 0.29) is 12.4 Å². The highest BCUT2D eigenvalue weighted by Crippen LogP contribution is 2.37. The second kappa shape index (κ2) is 8.61. The van der Waals surface area contributed by atoms with Gasteiger partial charge in [-0.2, -0.15) is 0 Å². The van der Waals surface area contributed by atoms with Crippen LogP contribution in [0.25, 0.3) is 21.3 Å². The molecule has 0 unspecified atom stereocenters. The molecule has 4 rings (SSSR count). The Bertz CT molecular complexity index is 1270. The van der Waals surface area contributed by atoms with Crippen LogP contribution in [0.1, 0.15) is 16.1 Å². The van der Waals surface area contributed by atoms with Gasteiger partial charge in [0.2, 0.25) is 0 Å².